The third-order valence-electron chi connectivity index (χ3n) is 2.19. The second kappa shape index (κ2) is 3.98. The lowest BCUT2D eigenvalue weighted by atomic mass is 10.1. The molecule has 1 aromatic rings. The molecule has 0 aliphatic carbocycles. The molecule has 7 N–H and O–H groups in total. The van der Waals surface area contributed by atoms with Gasteiger partial charge in [-0.05, 0) is 36.8 Å². The summed E-state index contributed by atoms with van der Waals surface area (Å²) in [5.74, 6) is -0.0654. The van der Waals surface area contributed by atoms with Gasteiger partial charge in [0.15, 0.2) is 0 Å². The lowest BCUT2D eigenvalue weighted by Crippen LogP contribution is -2.06. The minimum atomic E-state index is -3.09. The van der Waals surface area contributed by atoms with Gasteiger partial charge in [0.2, 0.25) is 6.57 Å². The van der Waals surface area contributed by atoms with Crippen LogP contribution in [0.5, 0.6) is 5.75 Å². The minimum Gasteiger partial charge on any atom is -0.506 e. The molecule has 84 valence electrons. The van der Waals surface area contributed by atoms with Gasteiger partial charge in [-0.1, -0.05) is 0 Å². The molecule has 0 aliphatic heterocycles. The summed E-state index contributed by atoms with van der Waals surface area (Å²) < 4.78 is 0. The van der Waals surface area contributed by atoms with Crippen molar-refractivity contribution in [1.82, 2.24) is 0 Å². The molecule has 1 atom stereocenters. The molecule has 0 saturated heterocycles. The molecule has 15 heavy (non-hydrogen) atoms. The van der Waals surface area contributed by atoms with Gasteiger partial charge in [0, 0.05) is 11.8 Å². The van der Waals surface area contributed by atoms with E-state index in [1.54, 1.807) is 6.92 Å². The van der Waals surface area contributed by atoms with Crippen molar-refractivity contribution in [3.8, 4) is 5.75 Å². The predicted octanol–water partition coefficient (Wildman–Crippen LogP) is 1.18. The number of rotatable bonds is 2. The van der Waals surface area contributed by atoms with E-state index < -0.39 is 6.57 Å². The quantitative estimate of drug-likeness (QED) is 0.305. The SMILES string of the molecule is Cc1c(N)cc(O)c(NP(N)(O)=S)c1C. The van der Waals surface area contributed by atoms with Crippen LogP contribution in [0, 0.1) is 13.8 Å². The summed E-state index contributed by atoms with van der Waals surface area (Å²) in [7, 11) is 0. The standard InChI is InChI=1S/C8H14N3O2PS/c1-4-5(2)8(11-14(10,13)15)7(12)3-6(4)9/h3,12H,9H2,1-2H3,(H4,10,11,13,15). The Kier molecular flexibility index (Phi) is 3.25. The number of anilines is 2. The van der Waals surface area contributed by atoms with E-state index in [0.717, 1.165) is 11.1 Å². The molecule has 1 unspecified atom stereocenters. The number of aromatic hydroxyl groups is 1. The lowest BCUT2D eigenvalue weighted by molar-refractivity contribution is 0.477. The van der Waals surface area contributed by atoms with Gasteiger partial charge in [0.1, 0.15) is 5.75 Å². The van der Waals surface area contributed by atoms with Crippen LogP contribution in [0.2, 0.25) is 0 Å². The molecule has 0 aliphatic rings. The van der Waals surface area contributed by atoms with E-state index in [1.165, 1.54) is 6.07 Å². The number of hydrogen-bond donors (Lipinski definition) is 5. The van der Waals surface area contributed by atoms with Crippen LogP contribution < -0.4 is 16.3 Å². The molecular formula is C8H14N3O2PS. The number of nitrogen functional groups attached to an aromatic ring is 1. The van der Waals surface area contributed by atoms with Crippen LogP contribution in [0.15, 0.2) is 6.07 Å². The van der Waals surface area contributed by atoms with E-state index in [9.17, 15) is 10.00 Å². The molecule has 0 amide bonds. The maximum Gasteiger partial charge on any atom is 0.218 e. The normalized spacial score (nSPS) is 14.7. The predicted molar refractivity (Wildman–Crippen MR) is 66.3 cm³/mol. The third-order valence-corrected chi connectivity index (χ3v) is 3.01. The molecule has 0 heterocycles. The molecular weight excluding hydrogens is 233 g/mol. The van der Waals surface area contributed by atoms with Crippen molar-refractivity contribution in [2.24, 2.45) is 5.50 Å². The van der Waals surface area contributed by atoms with Gasteiger partial charge >= 0.3 is 0 Å². The second-order valence-electron chi connectivity index (χ2n) is 3.34. The van der Waals surface area contributed by atoms with E-state index in [4.69, 9.17) is 11.2 Å². The van der Waals surface area contributed by atoms with Crippen LogP contribution in [0.1, 0.15) is 11.1 Å². The average Bonchev–Trinajstić information content (AvgIpc) is 2.07. The van der Waals surface area contributed by atoms with Crippen molar-refractivity contribution in [1.29, 1.82) is 0 Å². The fourth-order valence-electron chi connectivity index (χ4n) is 1.23. The summed E-state index contributed by atoms with van der Waals surface area (Å²) >= 11 is 4.65. The van der Waals surface area contributed by atoms with Crippen molar-refractivity contribution < 1.29 is 10.00 Å². The largest absolute Gasteiger partial charge is 0.506 e. The monoisotopic (exact) mass is 247 g/mol. The van der Waals surface area contributed by atoms with Gasteiger partial charge in [0.25, 0.3) is 0 Å². The van der Waals surface area contributed by atoms with Crippen LogP contribution in [0.3, 0.4) is 0 Å². The maximum absolute atomic E-state index is 9.62. The van der Waals surface area contributed by atoms with Crippen molar-refractivity contribution in [3.05, 3.63) is 17.2 Å². The van der Waals surface area contributed by atoms with Crippen molar-refractivity contribution >= 4 is 29.7 Å². The molecule has 7 heteroatoms. The lowest BCUT2D eigenvalue weighted by Gasteiger charge is -2.18. The van der Waals surface area contributed by atoms with Gasteiger partial charge in [-0.15, -0.1) is 0 Å². The first-order valence-electron chi connectivity index (χ1n) is 4.20. The topological polar surface area (TPSA) is 105 Å². The summed E-state index contributed by atoms with van der Waals surface area (Å²) in [5, 5.41) is 12.2. The third kappa shape index (κ3) is 2.82. The zero-order valence-electron chi connectivity index (χ0n) is 8.48. The summed E-state index contributed by atoms with van der Waals surface area (Å²) in [6, 6.07) is 1.40. The van der Waals surface area contributed by atoms with E-state index in [1.807, 2.05) is 6.92 Å². The van der Waals surface area contributed by atoms with Gasteiger partial charge in [-0.25, -0.2) is 0 Å². The Morgan fingerprint density at radius 3 is 2.40 bits per heavy atom. The molecule has 1 rings (SSSR count). The Hall–Kier alpha value is -0.810. The van der Waals surface area contributed by atoms with Crippen molar-refractivity contribution in [3.63, 3.8) is 0 Å². The smallest absolute Gasteiger partial charge is 0.218 e. The van der Waals surface area contributed by atoms with Gasteiger partial charge in [-0.3, -0.25) is 5.50 Å². The number of nitrogens with two attached hydrogens (primary N) is 2. The Bertz CT molecular complexity index is 444. The minimum absolute atomic E-state index is 0.0654. The highest BCUT2D eigenvalue weighted by Crippen LogP contribution is 2.41. The second-order valence-corrected chi connectivity index (χ2v) is 6.48. The molecule has 0 radical (unpaired) electrons. The number of hydrogen-bond acceptors (Lipinski definition) is 3. The van der Waals surface area contributed by atoms with E-state index in [-0.39, 0.29) is 5.75 Å². The van der Waals surface area contributed by atoms with Crippen LogP contribution in [0.4, 0.5) is 11.4 Å². The van der Waals surface area contributed by atoms with Crippen molar-refractivity contribution in [2.75, 3.05) is 10.8 Å². The Morgan fingerprint density at radius 1 is 1.40 bits per heavy atom. The summed E-state index contributed by atoms with van der Waals surface area (Å²) in [5.41, 5.74) is 13.3. The summed E-state index contributed by atoms with van der Waals surface area (Å²) in [4.78, 5) is 9.33. The summed E-state index contributed by atoms with van der Waals surface area (Å²) in [6.07, 6.45) is 0. The number of phenols is 1. The van der Waals surface area contributed by atoms with Crippen molar-refractivity contribution in [2.45, 2.75) is 13.8 Å². The molecule has 0 bridgehead atoms. The molecule has 1 aromatic carbocycles. The first-order chi connectivity index (χ1) is 6.72. The maximum atomic E-state index is 9.62. The van der Waals surface area contributed by atoms with E-state index in [0.29, 0.717) is 11.4 Å². The molecule has 0 fully saturated rings. The zero-order valence-corrected chi connectivity index (χ0v) is 10.2. The summed E-state index contributed by atoms with van der Waals surface area (Å²) in [6.45, 7) is 0.481. The first-order valence-corrected chi connectivity index (χ1v) is 7.03. The zero-order chi connectivity index (χ0) is 11.8. The van der Waals surface area contributed by atoms with Crippen LogP contribution >= 0.6 is 6.57 Å². The average molecular weight is 247 g/mol. The fourth-order valence-corrected chi connectivity index (χ4v) is 2.10. The molecule has 0 spiro atoms. The Morgan fingerprint density at radius 2 is 1.93 bits per heavy atom. The van der Waals surface area contributed by atoms with Crippen LogP contribution in [-0.2, 0) is 11.8 Å². The fraction of sp³-hybridized carbons (Fsp3) is 0.250. The highest BCUT2D eigenvalue weighted by Gasteiger charge is 2.14. The molecule has 5 nitrogen and oxygen atoms in total. The van der Waals surface area contributed by atoms with Crippen LogP contribution in [0.25, 0.3) is 0 Å². The molecule has 0 aromatic heterocycles. The van der Waals surface area contributed by atoms with E-state index in [2.05, 4.69) is 16.9 Å². The number of nitrogens with one attached hydrogen (secondary N) is 1. The number of phenolic OH excluding ortho intramolecular Hbond substituents is 1. The van der Waals surface area contributed by atoms with Gasteiger partial charge in [-0.2, -0.15) is 0 Å². The Balaban J connectivity index is 3.30. The van der Waals surface area contributed by atoms with Gasteiger partial charge < -0.3 is 20.8 Å². The number of benzene rings is 1. The molecule has 0 saturated carbocycles. The van der Waals surface area contributed by atoms with E-state index >= 15 is 0 Å². The highest BCUT2D eigenvalue weighted by atomic mass is 32.4. The van der Waals surface area contributed by atoms with Gasteiger partial charge in [0.05, 0.1) is 5.69 Å². The highest BCUT2D eigenvalue weighted by molar-refractivity contribution is 8.11. The van der Waals surface area contributed by atoms with Crippen LogP contribution in [-0.4, -0.2) is 10.00 Å². The Labute approximate surface area is 93.3 Å². The first kappa shape index (κ1) is 12.3.